The Morgan fingerprint density at radius 2 is 1.00 bits per heavy atom. The van der Waals surface area contributed by atoms with E-state index in [0.29, 0.717) is 25.7 Å². The molecule has 0 bridgehead atoms. The van der Waals surface area contributed by atoms with E-state index in [9.17, 15) is 25.5 Å². The van der Waals surface area contributed by atoms with Crippen LogP contribution in [0.4, 0.5) is 0 Å². The SMILES string of the molecule is CCN(CCN(CCNCC[N+]1(CC)CC(O)C1)CC(O)CCl)CC(O)CO.CCN(CCN(CCNCC[N+]1(CC)CC(O)C1)CC1CO1)CC(O)CO.[Cl-].[Cl-]. The van der Waals surface area contributed by atoms with Crippen LogP contribution in [-0.4, -0.2) is 284 Å². The van der Waals surface area contributed by atoms with Crippen LogP contribution >= 0.6 is 11.6 Å². The number of nitrogens with one attached hydrogen (secondary N) is 2. The lowest BCUT2D eigenvalue weighted by molar-refractivity contribution is -0.969. The molecule has 4 unspecified atom stereocenters. The van der Waals surface area contributed by atoms with Crippen molar-refractivity contribution in [3.05, 3.63) is 0 Å². The van der Waals surface area contributed by atoms with Crippen molar-refractivity contribution in [1.82, 2.24) is 30.2 Å². The predicted octanol–water partition coefficient (Wildman–Crippen LogP) is -9.46. The predicted molar refractivity (Wildman–Crippen MR) is 218 cm³/mol. The summed E-state index contributed by atoms with van der Waals surface area (Å²) in [4.78, 5) is 8.89. The lowest BCUT2D eigenvalue weighted by atomic mass is 10.1. The molecule has 0 saturated carbocycles. The molecule has 0 radical (unpaired) electrons. The first-order valence-corrected chi connectivity index (χ1v) is 21.7. The minimum Gasteiger partial charge on any atom is -1.00 e. The zero-order chi connectivity index (χ0) is 40.7. The van der Waals surface area contributed by atoms with Gasteiger partial charge in [-0.15, -0.1) is 11.6 Å². The summed E-state index contributed by atoms with van der Waals surface area (Å²) in [5.41, 5.74) is 0. The molecule has 19 heteroatoms. The van der Waals surface area contributed by atoms with Gasteiger partial charge in [-0.3, -0.25) is 19.6 Å². The van der Waals surface area contributed by atoms with Crippen molar-refractivity contribution in [1.29, 1.82) is 0 Å². The van der Waals surface area contributed by atoms with Gasteiger partial charge >= 0.3 is 0 Å². The van der Waals surface area contributed by atoms with Crippen LogP contribution in [0.2, 0.25) is 0 Å². The minimum absolute atomic E-state index is 0. The second kappa shape index (κ2) is 32.0. The average molecular weight is 886 g/mol. The number of ether oxygens (including phenoxy) is 1. The van der Waals surface area contributed by atoms with Gasteiger partial charge in [-0.2, -0.15) is 0 Å². The molecule has 3 aliphatic heterocycles. The fourth-order valence-corrected chi connectivity index (χ4v) is 7.76. The zero-order valence-electron chi connectivity index (χ0n) is 35.6. The van der Waals surface area contributed by atoms with Crippen LogP contribution in [0, 0.1) is 0 Å². The van der Waals surface area contributed by atoms with E-state index in [2.05, 4.69) is 51.0 Å². The van der Waals surface area contributed by atoms with Gasteiger partial charge in [-0.05, 0) is 26.9 Å². The standard InChI is InChI=1S/C19H42ClN4O4.C19H41N4O4.2ClH/c1-3-22(13-18(27)16-25)8-9-23(12-17(26)11-20)7-5-21-6-10-24(4-2)14-19(28)15-24;1-3-21(11-17(25)15-24)8-9-22(12-19-16-27-19)7-5-20-6-10-23(4-2)13-18(26)14-23;;/h17-19,21,25-28H,3-16H2,1-2H3;17-20,24-26H,3-16H2,1-2H3;2*1H/q2*+1;;/p-2. The first-order valence-electron chi connectivity index (χ1n) is 21.2. The molecule has 0 amide bonds. The van der Waals surface area contributed by atoms with E-state index in [4.69, 9.17) is 26.6 Å². The van der Waals surface area contributed by atoms with Crippen molar-refractivity contribution >= 4 is 11.6 Å². The normalized spacial score (nSPS) is 25.6. The molecule has 344 valence electrons. The molecule has 0 aromatic heterocycles. The molecule has 4 atom stereocenters. The Hall–Kier alpha value is 0.230. The summed E-state index contributed by atoms with van der Waals surface area (Å²) in [7, 11) is 0. The van der Waals surface area contributed by atoms with Gasteiger partial charge in [0.15, 0.2) is 12.2 Å². The van der Waals surface area contributed by atoms with Crippen LogP contribution in [0.1, 0.15) is 27.7 Å². The van der Waals surface area contributed by atoms with Gasteiger partial charge in [0.2, 0.25) is 0 Å². The topological polar surface area (TPSA) is 191 Å². The summed E-state index contributed by atoms with van der Waals surface area (Å²) in [6.07, 6.45) is -1.82. The first-order chi connectivity index (χ1) is 26.4. The van der Waals surface area contributed by atoms with E-state index in [-0.39, 0.29) is 56.1 Å². The summed E-state index contributed by atoms with van der Waals surface area (Å²) in [6, 6.07) is 0. The lowest BCUT2D eigenvalue weighted by Gasteiger charge is -2.48. The van der Waals surface area contributed by atoms with Crippen LogP contribution in [0.3, 0.4) is 0 Å². The van der Waals surface area contributed by atoms with Gasteiger partial charge in [0, 0.05) is 97.5 Å². The molecule has 3 fully saturated rings. The highest BCUT2D eigenvalue weighted by Gasteiger charge is 2.41. The summed E-state index contributed by atoms with van der Waals surface area (Å²) in [6.45, 7) is 29.6. The zero-order valence-corrected chi connectivity index (χ0v) is 37.9. The first kappa shape index (κ1) is 57.2. The molecule has 0 aliphatic carbocycles. The van der Waals surface area contributed by atoms with Crippen molar-refractivity contribution in [3.8, 4) is 0 Å². The van der Waals surface area contributed by atoms with E-state index < -0.39 is 18.3 Å². The Balaban J connectivity index is 0.00000106. The van der Waals surface area contributed by atoms with Gasteiger partial charge < -0.3 is 84.9 Å². The van der Waals surface area contributed by atoms with Crippen molar-refractivity contribution < 1.29 is 74.3 Å². The van der Waals surface area contributed by atoms with Gasteiger partial charge in [-0.25, -0.2) is 0 Å². The number of likely N-dealkylation sites (tertiary alicyclic amines) is 2. The highest BCUT2D eigenvalue weighted by atomic mass is 35.5. The van der Waals surface area contributed by atoms with Gasteiger partial charge in [0.1, 0.15) is 26.2 Å². The Labute approximate surface area is 362 Å². The average Bonchev–Trinajstić information content (AvgIpc) is 3.99. The molecule has 57 heavy (non-hydrogen) atoms. The smallest absolute Gasteiger partial charge is 0.152 e. The van der Waals surface area contributed by atoms with Crippen molar-refractivity contribution in [2.75, 3.05) is 183 Å². The van der Waals surface area contributed by atoms with Crippen molar-refractivity contribution in [3.63, 3.8) is 0 Å². The number of epoxide rings is 1. The second-order valence-corrected chi connectivity index (χ2v) is 16.4. The largest absolute Gasteiger partial charge is 1.00 e. The van der Waals surface area contributed by atoms with Crippen molar-refractivity contribution in [2.24, 2.45) is 0 Å². The third-order valence-electron chi connectivity index (χ3n) is 11.7. The molecular weight excluding hydrogens is 803 g/mol. The van der Waals surface area contributed by atoms with Gasteiger partial charge in [0.05, 0.1) is 70.4 Å². The Morgan fingerprint density at radius 1 is 0.614 bits per heavy atom. The molecule has 3 rings (SSSR count). The number of hydrogen-bond acceptors (Lipinski definition) is 14. The van der Waals surface area contributed by atoms with Crippen LogP contribution in [0.25, 0.3) is 0 Å². The molecule has 16 nitrogen and oxygen atoms in total. The Morgan fingerprint density at radius 3 is 1.35 bits per heavy atom. The van der Waals surface area contributed by atoms with E-state index in [1.807, 2.05) is 6.92 Å². The highest BCUT2D eigenvalue weighted by molar-refractivity contribution is 6.18. The highest BCUT2D eigenvalue weighted by Crippen LogP contribution is 2.20. The number of nitrogens with zero attached hydrogens (tertiary/aromatic N) is 6. The summed E-state index contributed by atoms with van der Waals surface area (Å²) < 4.78 is 7.42. The van der Waals surface area contributed by atoms with Crippen LogP contribution in [0.5, 0.6) is 0 Å². The monoisotopic (exact) mass is 885 g/mol. The molecular formula is C38H83Cl3N8O8. The number of halogens is 3. The maximum absolute atomic E-state index is 9.93. The number of quaternary nitrogens is 2. The van der Waals surface area contributed by atoms with E-state index in [1.54, 1.807) is 0 Å². The van der Waals surface area contributed by atoms with Gasteiger partial charge in [-0.1, -0.05) is 13.8 Å². The summed E-state index contributed by atoms with van der Waals surface area (Å²) in [5.74, 6) is 0.212. The third-order valence-corrected chi connectivity index (χ3v) is 12.1. The number of hydrogen-bond donors (Lipinski definition) is 9. The second-order valence-electron chi connectivity index (χ2n) is 16.1. The van der Waals surface area contributed by atoms with Crippen LogP contribution in [-0.2, 0) is 4.74 Å². The molecule has 0 spiro atoms. The summed E-state index contributed by atoms with van der Waals surface area (Å²) >= 11 is 5.77. The number of aliphatic hydroxyl groups excluding tert-OH is 7. The van der Waals surface area contributed by atoms with Crippen molar-refractivity contribution in [2.45, 2.75) is 64.3 Å². The molecule has 9 N–H and O–H groups in total. The number of rotatable bonds is 33. The van der Waals surface area contributed by atoms with Crippen LogP contribution in [0.15, 0.2) is 0 Å². The fraction of sp³-hybridized carbons (Fsp3) is 1.00. The number of alkyl halides is 1. The van der Waals surface area contributed by atoms with Crippen LogP contribution < -0.4 is 35.4 Å². The quantitative estimate of drug-likeness (QED) is 0.0131. The minimum atomic E-state index is -0.725. The molecule has 3 saturated heterocycles. The maximum Gasteiger partial charge on any atom is 0.152 e. The number of likely N-dealkylation sites (N-methyl/N-ethyl adjacent to an activating group) is 4. The fourth-order valence-electron chi connectivity index (χ4n) is 7.67. The van der Waals surface area contributed by atoms with E-state index >= 15 is 0 Å². The Kier molecular flexibility index (Phi) is 32.1. The molecule has 0 aromatic carbocycles. The number of aliphatic hydroxyl groups is 7. The third kappa shape index (κ3) is 23.9. The van der Waals surface area contributed by atoms with E-state index in [1.165, 1.54) is 0 Å². The summed E-state index contributed by atoms with van der Waals surface area (Å²) in [5, 5.41) is 73.5. The molecule has 3 heterocycles. The molecule has 3 aliphatic rings. The Bertz CT molecular complexity index is 964. The maximum atomic E-state index is 9.93. The van der Waals surface area contributed by atoms with Gasteiger partial charge in [0.25, 0.3) is 0 Å². The van der Waals surface area contributed by atoms with E-state index in [0.717, 1.165) is 153 Å². The lowest BCUT2D eigenvalue weighted by Crippen LogP contribution is -3.00. The molecule has 0 aromatic rings.